The number of hydrogen-bond acceptors (Lipinski definition) is 6. The van der Waals surface area contributed by atoms with Crippen molar-refractivity contribution >= 4 is 28.9 Å². The van der Waals surface area contributed by atoms with E-state index in [1.165, 1.54) is 12.1 Å². The monoisotopic (exact) mass is 357 g/mol. The number of esters is 1. The van der Waals surface area contributed by atoms with Gasteiger partial charge < -0.3 is 15.0 Å². The number of carbonyl (C=O) groups excluding carboxylic acids is 2. The fourth-order valence-corrected chi connectivity index (χ4v) is 2.19. The van der Waals surface area contributed by atoms with Crippen molar-refractivity contribution in [1.82, 2.24) is 0 Å². The Labute approximate surface area is 150 Å². The molecular weight excluding hydrogens is 338 g/mol. The molecule has 1 amide bonds. The number of nitro groups is 1. The van der Waals surface area contributed by atoms with E-state index in [-0.39, 0.29) is 11.4 Å². The number of rotatable bonds is 6. The van der Waals surface area contributed by atoms with Gasteiger partial charge in [0.2, 0.25) is 0 Å². The van der Waals surface area contributed by atoms with E-state index in [1.54, 1.807) is 37.3 Å². The summed E-state index contributed by atoms with van der Waals surface area (Å²) in [4.78, 5) is 36.3. The van der Waals surface area contributed by atoms with E-state index >= 15 is 0 Å². The van der Waals surface area contributed by atoms with Crippen LogP contribution in [0, 0.1) is 17.0 Å². The number of hydrogen-bond donors (Lipinski definition) is 1. The molecule has 0 fully saturated rings. The van der Waals surface area contributed by atoms with E-state index in [1.807, 2.05) is 19.0 Å². The standard InChI is InChI=1S/C18H19N3O5/c1-12-4-9-15(16(10-12)21(24)25)19-17(22)11-26-18(23)13-5-7-14(8-6-13)20(2)3/h4-10H,11H2,1-3H3,(H,19,22). The van der Waals surface area contributed by atoms with Gasteiger partial charge in [-0.2, -0.15) is 0 Å². The third-order valence-corrected chi connectivity index (χ3v) is 3.58. The predicted octanol–water partition coefficient (Wildman–Crippen LogP) is 2.76. The van der Waals surface area contributed by atoms with Gasteiger partial charge in [0, 0.05) is 25.8 Å². The topological polar surface area (TPSA) is 102 Å². The smallest absolute Gasteiger partial charge is 0.338 e. The Morgan fingerprint density at radius 3 is 2.38 bits per heavy atom. The van der Waals surface area contributed by atoms with Crippen LogP contribution in [-0.4, -0.2) is 37.5 Å². The van der Waals surface area contributed by atoms with E-state index in [2.05, 4.69) is 5.32 Å². The third kappa shape index (κ3) is 4.79. The fraction of sp³-hybridized carbons (Fsp3) is 0.222. The minimum Gasteiger partial charge on any atom is -0.452 e. The summed E-state index contributed by atoms with van der Waals surface area (Å²) in [6.45, 7) is 1.17. The third-order valence-electron chi connectivity index (χ3n) is 3.58. The van der Waals surface area contributed by atoms with Gasteiger partial charge in [-0.05, 0) is 42.8 Å². The lowest BCUT2D eigenvalue weighted by Gasteiger charge is -2.12. The van der Waals surface area contributed by atoms with Crippen LogP contribution in [0.1, 0.15) is 15.9 Å². The first-order chi connectivity index (χ1) is 12.3. The maximum absolute atomic E-state index is 12.0. The lowest BCUT2D eigenvalue weighted by molar-refractivity contribution is -0.384. The lowest BCUT2D eigenvalue weighted by Crippen LogP contribution is -2.21. The maximum atomic E-state index is 12.0. The Kier molecular flexibility index (Phi) is 5.90. The molecule has 0 spiro atoms. The van der Waals surface area contributed by atoms with Gasteiger partial charge in [-0.1, -0.05) is 6.07 Å². The zero-order valence-corrected chi connectivity index (χ0v) is 14.7. The van der Waals surface area contributed by atoms with Gasteiger partial charge in [0.05, 0.1) is 10.5 Å². The second-order valence-electron chi connectivity index (χ2n) is 5.84. The summed E-state index contributed by atoms with van der Waals surface area (Å²) in [6.07, 6.45) is 0. The average Bonchev–Trinajstić information content (AvgIpc) is 2.61. The van der Waals surface area contributed by atoms with Crippen molar-refractivity contribution in [2.45, 2.75) is 6.92 Å². The molecule has 0 heterocycles. The van der Waals surface area contributed by atoms with E-state index in [0.717, 1.165) is 5.69 Å². The molecule has 0 aliphatic rings. The van der Waals surface area contributed by atoms with Gasteiger partial charge in [-0.3, -0.25) is 14.9 Å². The van der Waals surface area contributed by atoms with Crippen LogP contribution < -0.4 is 10.2 Å². The van der Waals surface area contributed by atoms with Crippen LogP contribution in [0.5, 0.6) is 0 Å². The van der Waals surface area contributed by atoms with Crippen molar-refractivity contribution in [1.29, 1.82) is 0 Å². The fourth-order valence-electron chi connectivity index (χ4n) is 2.19. The molecule has 0 saturated carbocycles. The highest BCUT2D eigenvalue weighted by Crippen LogP contribution is 2.25. The van der Waals surface area contributed by atoms with Gasteiger partial charge in [0.1, 0.15) is 5.69 Å². The number of carbonyl (C=O) groups is 2. The van der Waals surface area contributed by atoms with Crippen LogP contribution in [0.4, 0.5) is 17.1 Å². The summed E-state index contributed by atoms with van der Waals surface area (Å²) in [6, 6.07) is 11.1. The summed E-state index contributed by atoms with van der Waals surface area (Å²) < 4.78 is 4.95. The number of nitrogens with zero attached hydrogens (tertiary/aromatic N) is 2. The van der Waals surface area contributed by atoms with E-state index < -0.39 is 23.4 Å². The molecular formula is C18H19N3O5. The molecule has 2 rings (SSSR count). The van der Waals surface area contributed by atoms with Gasteiger partial charge in [-0.25, -0.2) is 4.79 Å². The van der Waals surface area contributed by atoms with Crippen molar-refractivity contribution in [3.05, 3.63) is 63.7 Å². The first-order valence-electron chi connectivity index (χ1n) is 7.77. The molecule has 0 aromatic heterocycles. The molecule has 2 aromatic carbocycles. The first kappa shape index (κ1) is 18.9. The van der Waals surface area contributed by atoms with Crippen LogP contribution in [0.2, 0.25) is 0 Å². The first-order valence-corrected chi connectivity index (χ1v) is 7.77. The highest BCUT2D eigenvalue weighted by Gasteiger charge is 2.17. The second-order valence-corrected chi connectivity index (χ2v) is 5.84. The highest BCUT2D eigenvalue weighted by atomic mass is 16.6. The van der Waals surface area contributed by atoms with Crippen LogP contribution in [-0.2, 0) is 9.53 Å². The maximum Gasteiger partial charge on any atom is 0.338 e. The summed E-state index contributed by atoms with van der Waals surface area (Å²) >= 11 is 0. The quantitative estimate of drug-likeness (QED) is 0.484. The van der Waals surface area contributed by atoms with Crippen LogP contribution in [0.3, 0.4) is 0 Å². The Bertz CT molecular complexity index is 831. The molecule has 0 atom stereocenters. The van der Waals surface area contributed by atoms with Crippen LogP contribution in [0.15, 0.2) is 42.5 Å². The summed E-state index contributed by atoms with van der Waals surface area (Å²) in [5.74, 6) is -1.31. The molecule has 0 bridgehead atoms. The zero-order valence-electron chi connectivity index (χ0n) is 14.7. The molecule has 8 heteroatoms. The minimum absolute atomic E-state index is 0.0528. The number of benzene rings is 2. The minimum atomic E-state index is -0.657. The normalized spacial score (nSPS) is 10.1. The van der Waals surface area contributed by atoms with Crippen molar-refractivity contribution < 1.29 is 19.2 Å². The Morgan fingerprint density at radius 2 is 1.81 bits per heavy atom. The molecule has 8 nitrogen and oxygen atoms in total. The summed E-state index contributed by atoms with van der Waals surface area (Å²) in [5.41, 5.74) is 1.76. The van der Waals surface area contributed by atoms with Crippen LogP contribution >= 0.6 is 0 Å². The Hall–Kier alpha value is -3.42. The number of ether oxygens (including phenoxy) is 1. The zero-order chi connectivity index (χ0) is 19.3. The second kappa shape index (κ2) is 8.11. The average molecular weight is 357 g/mol. The van der Waals surface area contributed by atoms with Gasteiger partial charge in [0.15, 0.2) is 6.61 Å². The largest absolute Gasteiger partial charge is 0.452 e. The van der Waals surface area contributed by atoms with Crippen molar-refractivity contribution in [3.63, 3.8) is 0 Å². The summed E-state index contributed by atoms with van der Waals surface area (Å²) in [5, 5.41) is 13.4. The van der Waals surface area contributed by atoms with Crippen molar-refractivity contribution in [2.24, 2.45) is 0 Å². The molecule has 0 aliphatic heterocycles. The van der Waals surface area contributed by atoms with Crippen molar-refractivity contribution in [3.8, 4) is 0 Å². The Morgan fingerprint density at radius 1 is 1.15 bits per heavy atom. The molecule has 0 saturated heterocycles. The molecule has 0 radical (unpaired) electrons. The van der Waals surface area contributed by atoms with E-state index in [0.29, 0.717) is 11.1 Å². The number of nitro benzene ring substituents is 1. The van der Waals surface area contributed by atoms with E-state index in [9.17, 15) is 19.7 Å². The van der Waals surface area contributed by atoms with Gasteiger partial charge >= 0.3 is 5.97 Å². The van der Waals surface area contributed by atoms with Gasteiger partial charge in [0.25, 0.3) is 11.6 Å². The van der Waals surface area contributed by atoms with Crippen LogP contribution in [0.25, 0.3) is 0 Å². The highest BCUT2D eigenvalue weighted by molar-refractivity contribution is 5.97. The van der Waals surface area contributed by atoms with Gasteiger partial charge in [-0.15, -0.1) is 0 Å². The van der Waals surface area contributed by atoms with E-state index in [4.69, 9.17) is 4.74 Å². The SMILES string of the molecule is Cc1ccc(NC(=O)COC(=O)c2ccc(N(C)C)cc2)c([N+](=O)[O-])c1. The molecule has 0 aliphatic carbocycles. The van der Waals surface area contributed by atoms with Crippen molar-refractivity contribution in [2.75, 3.05) is 30.9 Å². The molecule has 2 aromatic rings. The number of nitrogens with one attached hydrogen (secondary N) is 1. The molecule has 1 N–H and O–H groups in total. The Balaban J connectivity index is 1.96. The number of aryl methyl sites for hydroxylation is 1. The lowest BCUT2D eigenvalue weighted by atomic mass is 10.2. The number of amides is 1. The number of anilines is 2. The molecule has 136 valence electrons. The molecule has 26 heavy (non-hydrogen) atoms. The molecule has 0 unspecified atom stereocenters. The summed E-state index contributed by atoms with van der Waals surface area (Å²) in [7, 11) is 3.75. The predicted molar refractivity (Wildman–Crippen MR) is 97.5 cm³/mol.